The third-order valence-corrected chi connectivity index (χ3v) is 4.64. The number of nitrogens with two attached hydrogens (primary N) is 1. The summed E-state index contributed by atoms with van der Waals surface area (Å²) >= 11 is 1.49. The first-order valence-electron chi connectivity index (χ1n) is 7.10. The first-order chi connectivity index (χ1) is 9.11. The highest BCUT2D eigenvalue weighted by Crippen LogP contribution is 2.25. The Morgan fingerprint density at radius 3 is 2.68 bits per heavy atom. The van der Waals surface area contributed by atoms with Crippen LogP contribution in [0.2, 0.25) is 0 Å². The molecule has 1 aliphatic carbocycles. The van der Waals surface area contributed by atoms with Gasteiger partial charge in [-0.3, -0.25) is 4.79 Å². The maximum absolute atomic E-state index is 12.6. The van der Waals surface area contributed by atoms with Gasteiger partial charge < -0.3 is 10.6 Å². The minimum atomic E-state index is 0.146. The summed E-state index contributed by atoms with van der Waals surface area (Å²) in [6, 6.07) is 0.676. The van der Waals surface area contributed by atoms with Crippen LogP contribution in [0.4, 0.5) is 0 Å². The van der Waals surface area contributed by atoms with E-state index in [4.69, 9.17) is 5.73 Å². The van der Waals surface area contributed by atoms with Gasteiger partial charge in [0.2, 0.25) is 0 Å². The van der Waals surface area contributed by atoms with Gasteiger partial charge in [0.1, 0.15) is 4.88 Å². The second-order valence-electron chi connectivity index (χ2n) is 5.31. The molecule has 1 fully saturated rings. The van der Waals surface area contributed by atoms with Crippen LogP contribution in [0.5, 0.6) is 0 Å². The highest BCUT2D eigenvalue weighted by molar-refractivity contribution is 7.13. The Balaban J connectivity index is 2.08. The number of hydrogen-bond donors (Lipinski definition) is 1. The van der Waals surface area contributed by atoms with Gasteiger partial charge in [-0.05, 0) is 39.0 Å². The molecule has 0 aromatic carbocycles. The van der Waals surface area contributed by atoms with Crippen LogP contribution in [-0.4, -0.2) is 34.4 Å². The SMILES string of the molecule is CCCN(C(=O)c1cnc(C)s1)C1CCC(N)CC1. The lowest BCUT2D eigenvalue weighted by molar-refractivity contribution is 0.0631. The van der Waals surface area contributed by atoms with Crippen molar-refractivity contribution in [2.45, 2.75) is 58.0 Å². The Morgan fingerprint density at radius 2 is 2.16 bits per heavy atom. The Morgan fingerprint density at radius 1 is 1.47 bits per heavy atom. The molecule has 0 bridgehead atoms. The normalized spacial score (nSPS) is 23.3. The summed E-state index contributed by atoms with van der Waals surface area (Å²) in [6.07, 6.45) is 6.82. The van der Waals surface area contributed by atoms with Gasteiger partial charge >= 0.3 is 0 Å². The minimum absolute atomic E-state index is 0.146. The van der Waals surface area contributed by atoms with Crippen LogP contribution < -0.4 is 5.73 Å². The van der Waals surface area contributed by atoms with Gasteiger partial charge in [0, 0.05) is 18.6 Å². The summed E-state index contributed by atoms with van der Waals surface area (Å²) in [7, 11) is 0. The van der Waals surface area contributed by atoms with Crippen LogP contribution in [0.25, 0.3) is 0 Å². The molecule has 5 heteroatoms. The van der Waals surface area contributed by atoms with Gasteiger partial charge in [0.25, 0.3) is 5.91 Å². The second-order valence-corrected chi connectivity index (χ2v) is 6.55. The molecule has 4 nitrogen and oxygen atoms in total. The molecular weight excluding hydrogens is 258 g/mol. The van der Waals surface area contributed by atoms with Crippen molar-refractivity contribution >= 4 is 17.2 Å². The predicted octanol–water partition coefficient (Wildman–Crippen LogP) is 2.57. The topological polar surface area (TPSA) is 59.2 Å². The monoisotopic (exact) mass is 281 g/mol. The van der Waals surface area contributed by atoms with Crippen LogP contribution in [0.1, 0.15) is 53.7 Å². The molecule has 0 atom stereocenters. The van der Waals surface area contributed by atoms with Crippen LogP contribution in [0, 0.1) is 6.92 Å². The summed E-state index contributed by atoms with van der Waals surface area (Å²) < 4.78 is 0. The number of amides is 1. The Kier molecular flexibility index (Phi) is 4.93. The second kappa shape index (κ2) is 6.48. The van der Waals surface area contributed by atoms with Crippen molar-refractivity contribution in [1.82, 2.24) is 9.88 Å². The van der Waals surface area contributed by atoms with E-state index >= 15 is 0 Å². The molecule has 0 radical (unpaired) electrons. The van der Waals surface area contributed by atoms with E-state index in [1.807, 2.05) is 11.8 Å². The van der Waals surface area contributed by atoms with E-state index in [2.05, 4.69) is 11.9 Å². The number of aryl methyl sites for hydroxylation is 1. The molecule has 19 heavy (non-hydrogen) atoms. The standard InChI is InChI=1S/C14H23N3OS/c1-3-8-17(12-6-4-11(15)5-7-12)14(18)13-9-16-10(2)19-13/h9,11-12H,3-8,15H2,1-2H3. The zero-order valence-corrected chi connectivity index (χ0v) is 12.6. The minimum Gasteiger partial charge on any atom is -0.335 e. The molecule has 1 saturated carbocycles. The number of thiazole rings is 1. The fourth-order valence-corrected chi connectivity index (χ4v) is 3.44. The number of aromatic nitrogens is 1. The quantitative estimate of drug-likeness (QED) is 0.922. The van der Waals surface area contributed by atoms with Crippen molar-refractivity contribution in [3.05, 3.63) is 16.1 Å². The molecule has 0 spiro atoms. The van der Waals surface area contributed by atoms with Crippen molar-refractivity contribution in [2.75, 3.05) is 6.54 Å². The third-order valence-electron chi connectivity index (χ3n) is 3.74. The van der Waals surface area contributed by atoms with Crippen molar-refractivity contribution < 1.29 is 4.79 Å². The summed E-state index contributed by atoms with van der Waals surface area (Å²) in [5, 5.41) is 0.950. The summed E-state index contributed by atoms with van der Waals surface area (Å²) in [6.45, 7) is 4.88. The lowest BCUT2D eigenvalue weighted by Crippen LogP contribution is -2.44. The third kappa shape index (κ3) is 3.54. The van der Waals surface area contributed by atoms with E-state index in [-0.39, 0.29) is 5.91 Å². The van der Waals surface area contributed by atoms with Crippen molar-refractivity contribution in [3.63, 3.8) is 0 Å². The van der Waals surface area contributed by atoms with E-state index in [1.165, 1.54) is 11.3 Å². The molecule has 2 rings (SSSR count). The van der Waals surface area contributed by atoms with Gasteiger partial charge in [0.05, 0.1) is 11.2 Å². The zero-order chi connectivity index (χ0) is 13.8. The average molecular weight is 281 g/mol. The van der Waals surface area contributed by atoms with Gasteiger partial charge in [-0.25, -0.2) is 4.98 Å². The van der Waals surface area contributed by atoms with E-state index in [0.717, 1.165) is 48.5 Å². The Hall–Kier alpha value is -0.940. The lowest BCUT2D eigenvalue weighted by atomic mass is 9.90. The molecule has 2 N–H and O–H groups in total. The van der Waals surface area contributed by atoms with Gasteiger partial charge in [-0.2, -0.15) is 0 Å². The average Bonchev–Trinajstić information content (AvgIpc) is 2.83. The van der Waals surface area contributed by atoms with E-state index in [0.29, 0.717) is 12.1 Å². The van der Waals surface area contributed by atoms with Crippen LogP contribution >= 0.6 is 11.3 Å². The lowest BCUT2D eigenvalue weighted by Gasteiger charge is -2.35. The van der Waals surface area contributed by atoms with Crippen molar-refractivity contribution in [2.24, 2.45) is 5.73 Å². The Bertz CT molecular complexity index is 424. The number of rotatable bonds is 4. The molecular formula is C14H23N3OS. The fourth-order valence-electron chi connectivity index (χ4n) is 2.71. The van der Waals surface area contributed by atoms with Crippen LogP contribution in [0.15, 0.2) is 6.20 Å². The highest BCUT2D eigenvalue weighted by atomic mass is 32.1. The highest BCUT2D eigenvalue weighted by Gasteiger charge is 2.28. The molecule has 106 valence electrons. The largest absolute Gasteiger partial charge is 0.335 e. The number of nitrogens with zero attached hydrogens (tertiary/aromatic N) is 2. The first-order valence-corrected chi connectivity index (χ1v) is 7.92. The van der Waals surface area contributed by atoms with E-state index in [9.17, 15) is 4.79 Å². The maximum atomic E-state index is 12.6. The zero-order valence-electron chi connectivity index (χ0n) is 11.8. The van der Waals surface area contributed by atoms with Gasteiger partial charge in [0.15, 0.2) is 0 Å². The van der Waals surface area contributed by atoms with E-state index < -0.39 is 0 Å². The molecule has 1 aromatic heterocycles. The number of hydrogen-bond acceptors (Lipinski definition) is 4. The van der Waals surface area contributed by atoms with Gasteiger partial charge in [-0.1, -0.05) is 6.92 Å². The summed E-state index contributed by atoms with van der Waals surface area (Å²) in [4.78, 5) is 19.6. The fraction of sp³-hybridized carbons (Fsp3) is 0.714. The molecule has 0 aliphatic heterocycles. The summed E-state index contributed by atoms with van der Waals surface area (Å²) in [5.74, 6) is 0.146. The van der Waals surface area contributed by atoms with Gasteiger partial charge in [-0.15, -0.1) is 11.3 Å². The molecule has 0 saturated heterocycles. The molecule has 0 unspecified atom stereocenters. The molecule has 1 aromatic rings. The van der Waals surface area contributed by atoms with Crippen LogP contribution in [0.3, 0.4) is 0 Å². The smallest absolute Gasteiger partial charge is 0.265 e. The molecule has 1 amide bonds. The Labute approximate surface area is 119 Å². The maximum Gasteiger partial charge on any atom is 0.265 e. The van der Waals surface area contributed by atoms with Crippen molar-refractivity contribution in [3.8, 4) is 0 Å². The first kappa shape index (κ1) is 14.5. The van der Waals surface area contributed by atoms with Crippen LogP contribution in [-0.2, 0) is 0 Å². The van der Waals surface area contributed by atoms with E-state index in [1.54, 1.807) is 6.20 Å². The van der Waals surface area contributed by atoms with Crippen molar-refractivity contribution in [1.29, 1.82) is 0 Å². The molecule has 1 heterocycles. The number of carbonyl (C=O) groups excluding carboxylic acids is 1. The predicted molar refractivity (Wildman–Crippen MR) is 78.4 cm³/mol. The molecule has 1 aliphatic rings. The summed E-state index contributed by atoms with van der Waals surface area (Å²) in [5.41, 5.74) is 5.95. The number of carbonyl (C=O) groups is 1.